The number of hydrogen-bond donors (Lipinski definition) is 0. The van der Waals surface area contributed by atoms with Crippen molar-refractivity contribution >= 4 is 22.4 Å². The molecule has 138 valence electrons. The lowest BCUT2D eigenvalue weighted by Gasteiger charge is -2.02. The first-order chi connectivity index (χ1) is 13.6. The summed E-state index contributed by atoms with van der Waals surface area (Å²) in [6.45, 7) is 0.168. The smallest absolute Gasteiger partial charge is 0.281 e. The number of nitro benzene ring substituents is 1. The molecule has 28 heavy (non-hydrogen) atoms. The van der Waals surface area contributed by atoms with Crippen molar-refractivity contribution in [3.8, 4) is 29.0 Å². The maximum absolute atomic E-state index is 10.8. The number of nitro groups is 1. The van der Waals surface area contributed by atoms with Crippen LogP contribution < -0.4 is 9.47 Å². The molecule has 3 aromatic rings. The Morgan fingerprint density at radius 3 is 2.71 bits per heavy atom. The van der Waals surface area contributed by atoms with E-state index in [1.807, 2.05) is 6.07 Å². The molecule has 0 saturated carbocycles. The van der Waals surface area contributed by atoms with Crippen molar-refractivity contribution in [2.45, 2.75) is 5.22 Å². The zero-order chi connectivity index (χ0) is 19.5. The van der Waals surface area contributed by atoms with Crippen LogP contribution in [0.4, 0.5) is 5.69 Å². The number of benzene rings is 2. The van der Waals surface area contributed by atoms with Crippen molar-refractivity contribution in [3.05, 3.63) is 64.2 Å². The minimum absolute atomic E-state index is 0.0343. The Balaban J connectivity index is 1.56. The molecule has 1 aliphatic rings. The molecule has 0 amide bonds. The van der Waals surface area contributed by atoms with Gasteiger partial charge in [0.2, 0.25) is 12.7 Å². The molecule has 0 unspecified atom stereocenters. The molecule has 0 atom stereocenters. The topological polar surface area (TPSA) is 124 Å². The van der Waals surface area contributed by atoms with E-state index in [4.69, 9.17) is 19.2 Å². The summed E-state index contributed by atoms with van der Waals surface area (Å²) < 4.78 is 16.3. The van der Waals surface area contributed by atoms with Crippen molar-refractivity contribution in [2.24, 2.45) is 0 Å². The highest BCUT2D eigenvalue weighted by Crippen LogP contribution is 2.38. The minimum Gasteiger partial charge on any atom is -0.454 e. The molecule has 0 bridgehead atoms. The number of ether oxygens (including phenoxy) is 2. The summed E-state index contributed by atoms with van der Waals surface area (Å²) >= 11 is 1.09. The molecule has 10 heteroatoms. The summed E-state index contributed by atoms with van der Waals surface area (Å²) in [5.41, 5.74) is 1.26. The summed E-state index contributed by atoms with van der Waals surface area (Å²) in [5, 5.41) is 28.1. The van der Waals surface area contributed by atoms with E-state index < -0.39 is 4.92 Å². The van der Waals surface area contributed by atoms with Crippen LogP contribution in [0, 0.1) is 21.4 Å². The van der Waals surface area contributed by atoms with Crippen LogP contribution in [0.5, 0.6) is 11.5 Å². The van der Waals surface area contributed by atoms with Gasteiger partial charge in [-0.1, -0.05) is 0 Å². The van der Waals surface area contributed by atoms with Crippen molar-refractivity contribution in [1.82, 2.24) is 10.2 Å². The van der Waals surface area contributed by atoms with Gasteiger partial charge in [0.1, 0.15) is 0 Å². The van der Waals surface area contributed by atoms with Gasteiger partial charge in [0, 0.05) is 28.7 Å². The van der Waals surface area contributed by atoms with Crippen LogP contribution in [0.25, 0.3) is 16.4 Å². The van der Waals surface area contributed by atoms with E-state index in [-0.39, 0.29) is 17.7 Å². The molecule has 0 aliphatic carbocycles. The third-order valence-corrected chi connectivity index (χ3v) is 4.69. The first-order valence-electron chi connectivity index (χ1n) is 7.90. The molecule has 1 aromatic heterocycles. The number of thioether (sulfide) groups is 1. The minimum atomic E-state index is -0.486. The molecular formula is C18H10N4O5S. The van der Waals surface area contributed by atoms with Gasteiger partial charge in [-0.05, 0) is 47.7 Å². The van der Waals surface area contributed by atoms with Crippen LogP contribution in [0.1, 0.15) is 5.56 Å². The Bertz CT molecular complexity index is 1120. The van der Waals surface area contributed by atoms with Gasteiger partial charge in [-0.2, -0.15) is 5.26 Å². The molecule has 0 spiro atoms. The number of hydrogen-bond acceptors (Lipinski definition) is 9. The second-order valence-electron chi connectivity index (χ2n) is 5.48. The molecule has 1 aliphatic heterocycles. The van der Waals surface area contributed by atoms with Crippen LogP contribution in [0.2, 0.25) is 0 Å². The van der Waals surface area contributed by atoms with E-state index in [1.165, 1.54) is 18.2 Å². The van der Waals surface area contributed by atoms with Crippen molar-refractivity contribution in [1.29, 1.82) is 5.26 Å². The first kappa shape index (κ1) is 17.6. The fraction of sp³-hybridized carbons (Fsp3) is 0.0556. The Hall–Kier alpha value is -3.84. The van der Waals surface area contributed by atoms with Crippen LogP contribution in [0.3, 0.4) is 0 Å². The summed E-state index contributed by atoms with van der Waals surface area (Å²) in [5.74, 6) is 1.54. The Labute approximate surface area is 162 Å². The van der Waals surface area contributed by atoms with E-state index >= 15 is 0 Å². The van der Waals surface area contributed by atoms with Gasteiger partial charge < -0.3 is 13.9 Å². The second-order valence-corrected chi connectivity index (χ2v) is 6.48. The van der Waals surface area contributed by atoms with Crippen molar-refractivity contribution in [3.63, 3.8) is 0 Å². The summed E-state index contributed by atoms with van der Waals surface area (Å²) in [6.07, 6.45) is 1.32. The molecule has 2 aromatic carbocycles. The summed E-state index contributed by atoms with van der Waals surface area (Å²) in [4.78, 5) is 10.8. The summed E-state index contributed by atoms with van der Waals surface area (Å²) in [7, 11) is 0. The zero-order valence-corrected chi connectivity index (χ0v) is 14.9. The van der Waals surface area contributed by atoms with Gasteiger partial charge in [0.15, 0.2) is 11.5 Å². The van der Waals surface area contributed by atoms with E-state index in [9.17, 15) is 10.1 Å². The SMILES string of the molecule is N#C/C=C(/Sc1nnc(-c2ccc3c(c2)OCO3)o1)c1ccc([N+](=O)[O-])cc1. The highest BCUT2D eigenvalue weighted by atomic mass is 32.2. The fourth-order valence-corrected chi connectivity index (χ4v) is 3.23. The lowest BCUT2D eigenvalue weighted by Crippen LogP contribution is -1.92. The zero-order valence-electron chi connectivity index (χ0n) is 14.1. The van der Waals surface area contributed by atoms with Crippen LogP contribution in [-0.4, -0.2) is 21.9 Å². The standard InChI is InChI=1S/C18H10N4O5S/c19-8-7-16(11-1-4-13(5-2-11)22(23)24)28-18-21-20-17(27-18)12-3-6-14-15(9-12)26-10-25-14/h1-7,9H,10H2/b16-7+. The number of aromatic nitrogens is 2. The fourth-order valence-electron chi connectivity index (χ4n) is 2.47. The first-order valence-corrected chi connectivity index (χ1v) is 8.71. The van der Waals surface area contributed by atoms with Gasteiger partial charge in [-0.3, -0.25) is 10.1 Å². The Kier molecular flexibility index (Phi) is 4.65. The largest absolute Gasteiger partial charge is 0.454 e. The predicted octanol–water partition coefficient (Wildman–Crippen LogP) is 4.03. The molecule has 0 N–H and O–H groups in total. The molecule has 4 rings (SSSR count). The third-order valence-electron chi connectivity index (χ3n) is 3.78. The Morgan fingerprint density at radius 1 is 1.18 bits per heavy atom. The molecule has 0 saturated heterocycles. The van der Waals surface area contributed by atoms with Gasteiger partial charge in [0.05, 0.1) is 11.0 Å². The molecule has 2 heterocycles. The average Bonchev–Trinajstić information content (AvgIpc) is 3.36. The van der Waals surface area contributed by atoms with Crippen molar-refractivity contribution in [2.75, 3.05) is 6.79 Å². The number of non-ortho nitro benzene ring substituents is 1. The van der Waals surface area contributed by atoms with Crippen molar-refractivity contribution < 1.29 is 18.8 Å². The molecule has 0 fully saturated rings. The average molecular weight is 394 g/mol. The number of allylic oxidation sites excluding steroid dienone is 1. The number of fused-ring (bicyclic) bond motifs is 1. The number of nitriles is 1. The van der Waals surface area contributed by atoms with Gasteiger partial charge in [-0.25, -0.2) is 0 Å². The summed E-state index contributed by atoms with van der Waals surface area (Å²) in [6, 6.07) is 13.1. The van der Waals surface area contributed by atoms with Crippen LogP contribution >= 0.6 is 11.8 Å². The van der Waals surface area contributed by atoms with Gasteiger partial charge >= 0.3 is 0 Å². The van der Waals surface area contributed by atoms with Crippen LogP contribution in [0.15, 0.2) is 58.2 Å². The normalized spacial score (nSPS) is 12.6. The monoisotopic (exact) mass is 394 g/mol. The number of nitrogens with zero attached hydrogens (tertiary/aromatic N) is 4. The van der Waals surface area contributed by atoms with E-state index in [1.54, 1.807) is 30.3 Å². The maximum Gasteiger partial charge on any atom is 0.281 e. The lowest BCUT2D eigenvalue weighted by molar-refractivity contribution is -0.384. The predicted molar refractivity (Wildman–Crippen MR) is 98.4 cm³/mol. The highest BCUT2D eigenvalue weighted by Gasteiger charge is 2.18. The second kappa shape index (κ2) is 7.42. The van der Waals surface area contributed by atoms with Gasteiger partial charge in [-0.15, -0.1) is 10.2 Å². The Morgan fingerprint density at radius 2 is 1.96 bits per heavy atom. The highest BCUT2D eigenvalue weighted by molar-refractivity contribution is 8.08. The van der Waals surface area contributed by atoms with E-state index in [2.05, 4.69) is 10.2 Å². The maximum atomic E-state index is 10.8. The lowest BCUT2D eigenvalue weighted by atomic mass is 10.2. The van der Waals surface area contributed by atoms with Crippen LogP contribution in [-0.2, 0) is 0 Å². The third kappa shape index (κ3) is 3.51. The van der Waals surface area contributed by atoms with Gasteiger partial charge in [0.25, 0.3) is 10.9 Å². The quantitative estimate of drug-likeness (QED) is 0.273. The van der Waals surface area contributed by atoms with E-state index in [0.29, 0.717) is 33.4 Å². The molecule has 9 nitrogen and oxygen atoms in total. The van der Waals surface area contributed by atoms with E-state index in [0.717, 1.165) is 11.8 Å². The molecular weight excluding hydrogens is 384 g/mol. The number of rotatable bonds is 5. The molecule has 0 radical (unpaired) electrons.